The van der Waals surface area contributed by atoms with Gasteiger partial charge in [0, 0.05) is 30.2 Å². The summed E-state index contributed by atoms with van der Waals surface area (Å²) in [6.45, 7) is 2.26. The molecule has 1 rings (SSSR count). The lowest BCUT2D eigenvalue weighted by Crippen LogP contribution is -2.36. The highest BCUT2D eigenvalue weighted by Gasteiger charge is 2.19. The molecule has 0 radical (unpaired) electrons. The molecule has 0 saturated heterocycles. The van der Waals surface area contributed by atoms with Gasteiger partial charge in [0.2, 0.25) is 0 Å². The molecule has 0 saturated carbocycles. The molecular formula is C10H17N3OS. The molecule has 0 spiro atoms. The number of aromatic nitrogens is 1. The Labute approximate surface area is 94.3 Å². The van der Waals surface area contributed by atoms with E-state index in [0.29, 0.717) is 23.8 Å². The summed E-state index contributed by atoms with van der Waals surface area (Å²) >= 11 is 1.61. The fraction of sp³-hybridized carbons (Fsp3) is 0.500. The molecule has 0 aliphatic rings. The number of rotatable bonds is 5. The van der Waals surface area contributed by atoms with Crippen molar-refractivity contribution < 1.29 is 5.11 Å². The minimum Gasteiger partial charge on any atom is -0.399 e. The first-order valence-corrected chi connectivity index (χ1v) is 6.09. The van der Waals surface area contributed by atoms with Crippen LogP contribution in [0.15, 0.2) is 18.3 Å². The van der Waals surface area contributed by atoms with Crippen LogP contribution in [0, 0.1) is 0 Å². The van der Waals surface area contributed by atoms with Crippen molar-refractivity contribution in [2.24, 2.45) is 0 Å². The first-order valence-electron chi connectivity index (χ1n) is 4.70. The van der Waals surface area contributed by atoms with Crippen LogP contribution in [0.1, 0.15) is 6.92 Å². The summed E-state index contributed by atoms with van der Waals surface area (Å²) in [5.74, 6) is 1.37. The van der Waals surface area contributed by atoms with Crippen LogP contribution in [0.3, 0.4) is 0 Å². The van der Waals surface area contributed by atoms with Gasteiger partial charge in [0.15, 0.2) is 0 Å². The van der Waals surface area contributed by atoms with Crippen LogP contribution in [0.2, 0.25) is 0 Å². The first-order chi connectivity index (χ1) is 7.03. The lowest BCUT2D eigenvalue weighted by Gasteiger charge is -2.22. The number of aliphatic hydroxyl groups is 1. The Kier molecular flexibility index (Phi) is 4.23. The van der Waals surface area contributed by atoms with Crippen molar-refractivity contribution in [2.75, 3.05) is 29.6 Å². The minimum atomic E-state index is -0.730. The number of nitrogens with one attached hydrogen (secondary N) is 1. The van der Waals surface area contributed by atoms with Crippen LogP contribution in [0.5, 0.6) is 0 Å². The second-order valence-electron chi connectivity index (χ2n) is 3.76. The lowest BCUT2D eigenvalue weighted by molar-refractivity contribution is 0.0996. The average molecular weight is 227 g/mol. The van der Waals surface area contributed by atoms with Crippen molar-refractivity contribution in [1.82, 2.24) is 4.98 Å². The molecule has 0 aliphatic heterocycles. The van der Waals surface area contributed by atoms with Gasteiger partial charge in [-0.25, -0.2) is 4.98 Å². The lowest BCUT2D eigenvalue weighted by atomic mass is 10.1. The summed E-state index contributed by atoms with van der Waals surface area (Å²) < 4.78 is 0. The number of nitrogen functional groups attached to an aromatic ring is 1. The van der Waals surface area contributed by atoms with E-state index in [2.05, 4.69) is 10.3 Å². The maximum atomic E-state index is 9.90. The van der Waals surface area contributed by atoms with Crippen LogP contribution in [0.4, 0.5) is 11.5 Å². The maximum Gasteiger partial charge on any atom is 0.128 e. The SMILES string of the molecule is CSCC(C)(O)CNc1cc(N)ccn1. The van der Waals surface area contributed by atoms with Gasteiger partial charge in [0.1, 0.15) is 5.82 Å². The summed E-state index contributed by atoms with van der Waals surface area (Å²) in [6, 6.07) is 3.47. The Bertz CT molecular complexity index is 317. The highest BCUT2D eigenvalue weighted by atomic mass is 32.2. The topological polar surface area (TPSA) is 71.2 Å². The van der Waals surface area contributed by atoms with E-state index in [1.165, 1.54) is 0 Å². The van der Waals surface area contributed by atoms with E-state index in [4.69, 9.17) is 5.73 Å². The average Bonchev–Trinajstić information content (AvgIpc) is 2.15. The molecule has 5 heteroatoms. The molecule has 0 fully saturated rings. The van der Waals surface area contributed by atoms with E-state index >= 15 is 0 Å². The molecule has 1 aromatic rings. The number of nitrogens with two attached hydrogens (primary N) is 1. The smallest absolute Gasteiger partial charge is 0.128 e. The van der Waals surface area contributed by atoms with Crippen LogP contribution in [-0.4, -0.2) is 34.2 Å². The van der Waals surface area contributed by atoms with Gasteiger partial charge in [0.05, 0.1) is 5.60 Å². The van der Waals surface area contributed by atoms with Crippen molar-refractivity contribution in [3.05, 3.63) is 18.3 Å². The maximum absolute atomic E-state index is 9.90. The molecule has 1 heterocycles. The van der Waals surface area contributed by atoms with E-state index in [1.54, 1.807) is 37.0 Å². The number of hydrogen-bond donors (Lipinski definition) is 3. The minimum absolute atomic E-state index is 0.463. The Balaban J connectivity index is 2.49. The standard InChI is InChI=1S/C10H17N3OS/c1-10(14,7-15-2)6-13-9-5-8(11)3-4-12-9/h3-5,14H,6-7H2,1-2H3,(H3,11,12,13). The molecular weight excluding hydrogens is 210 g/mol. The second kappa shape index (κ2) is 5.23. The van der Waals surface area contributed by atoms with Gasteiger partial charge in [-0.1, -0.05) is 0 Å². The Hall–Kier alpha value is -0.940. The monoisotopic (exact) mass is 227 g/mol. The van der Waals surface area contributed by atoms with Crippen molar-refractivity contribution in [1.29, 1.82) is 0 Å². The quantitative estimate of drug-likeness (QED) is 0.705. The summed E-state index contributed by atoms with van der Waals surface area (Å²) in [4.78, 5) is 4.09. The third-order valence-electron chi connectivity index (χ3n) is 1.89. The van der Waals surface area contributed by atoms with Gasteiger partial charge in [0.25, 0.3) is 0 Å². The third kappa shape index (κ3) is 4.40. The van der Waals surface area contributed by atoms with E-state index < -0.39 is 5.60 Å². The summed E-state index contributed by atoms with van der Waals surface area (Å²) in [7, 11) is 0. The Morgan fingerprint density at radius 3 is 3.00 bits per heavy atom. The molecule has 1 aromatic heterocycles. The van der Waals surface area contributed by atoms with Crippen molar-refractivity contribution in [3.63, 3.8) is 0 Å². The van der Waals surface area contributed by atoms with Gasteiger partial charge < -0.3 is 16.2 Å². The zero-order valence-corrected chi connectivity index (χ0v) is 9.84. The molecule has 4 nitrogen and oxygen atoms in total. The summed E-state index contributed by atoms with van der Waals surface area (Å²) in [5, 5.41) is 13.0. The molecule has 1 unspecified atom stereocenters. The number of hydrogen-bond acceptors (Lipinski definition) is 5. The predicted octanol–water partition coefficient (Wildman–Crippen LogP) is 1.19. The molecule has 84 valence electrons. The van der Waals surface area contributed by atoms with Crippen LogP contribution < -0.4 is 11.1 Å². The van der Waals surface area contributed by atoms with E-state index in [9.17, 15) is 5.11 Å². The first kappa shape index (κ1) is 12.1. The fourth-order valence-corrected chi connectivity index (χ4v) is 1.91. The van der Waals surface area contributed by atoms with Crippen molar-refractivity contribution in [2.45, 2.75) is 12.5 Å². The molecule has 1 atom stereocenters. The van der Waals surface area contributed by atoms with Gasteiger partial charge in [-0.05, 0) is 19.2 Å². The second-order valence-corrected chi connectivity index (χ2v) is 4.62. The molecule has 0 amide bonds. The largest absolute Gasteiger partial charge is 0.399 e. The normalized spacial score (nSPS) is 14.6. The highest BCUT2D eigenvalue weighted by molar-refractivity contribution is 7.98. The molecule has 0 bridgehead atoms. The molecule has 0 aliphatic carbocycles. The van der Waals surface area contributed by atoms with Gasteiger partial charge in [-0.15, -0.1) is 0 Å². The van der Waals surface area contributed by atoms with Crippen LogP contribution >= 0.6 is 11.8 Å². The molecule has 0 aromatic carbocycles. The molecule has 4 N–H and O–H groups in total. The number of nitrogens with zero attached hydrogens (tertiary/aromatic N) is 1. The zero-order chi connectivity index (χ0) is 11.3. The Morgan fingerprint density at radius 1 is 1.67 bits per heavy atom. The Morgan fingerprint density at radius 2 is 2.40 bits per heavy atom. The number of thioether (sulfide) groups is 1. The van der Waals surface area contributed by atoms with Crippen LogP contribution in [-0.2, 0) is 0 Å². The van der Waals surface area contributed by atoms with E-state index in [0.717, 1.165) is 0 Å². The van der Waals surface area contributed by atoms with Crippen molar-refractivity contribution >= 4 is 23.3 Å². The summed E-state index contributed by atoms with van der Waals surface area (Å²) in [6.07, 6.45) is 3.61. The van der Waals surface area contributed by atoms with Gasteiger partial charge in [-0.2, -0.15) is 11.8 Å². The highest BCUT2D eigenvalue weighted by Crippen LogP contribution is 2.13. The summed E-state index contributed by atoms with van der Waals surface area (Å²) in [5.41, 5.74) is 5.54. The molecule has 15 heavy (non-hydrogen) atoms. The van der Waals surface area contributed by atoms with Crippen molar-refractivity contribution in [3.8, 4) is 0 Å². The number of anilines is 2. The van der Waals surface area contributed by atoms with Gasteiger partial charge >= 0.3 is 0 Å². The predicted molar refractivity (Wildman–Crippen MR) is 66.1 cm³/mol. The number of pyridine rings is 1. The zero-order valence-electron chi connectivity index (χ0n) is 9.03. The van der Waals surface area contributed by atoms with Gasteiger partial charge in [-0.3, -0.25) is 0 Å². The third-order valence-corrected chi connectivity index (χ3v) is 2.80. The van der Waals surface area contributed by atoms with E-state index in [1.807, 2.05) is 6.26 Å². The van der Waals surface area contributed by atoms with Crippen LogP contribution in [0.25, 0.3) is 0 Å². The van der Waals surface area contributed by atoms with E-state index in [-0.39, 0.29) is 0 Å². The fourth-order valence-electron chi connectivity index (χ4n) is 1.19.